The topological polar surface area (TPSA) is 38.5 Å². The lowest BCUT2D eigenvalue weighted by Crippen LogP contribution is -2.44. The van der Waals surface area contributed by atoms with Gasteiger partial charge in [0.15, 0.2) is 0 Å². The third kappa shape index (κ3) is 3.31. The first kappa shape index (κ1) is 13.2. The van der Waals surface area contributed by atoms with E-state index in [4.69, 9.17) is 10.5 Å². The quantitative estimate of drug-likeness (QED) is 0.746. The second-order valence-corrected chi connectivity index (χ2v) is 4.93. The molecule has 2 unspecified atom stereocenters. The molecule has 4 heteroatoms. The van der Waals surface area contributed by atoms with Crippen molar-refractivity contribution in [2.75, 3.05) is 13.1 Å². The minimum Gasteiger partial charge on any atom is -0.375 e. The van der Waals surface area contributed by atoms with Crippen molar-refractivity contribution >= 4 is 12.4 Å². The molecule has 2 saturated heterocycles. The summed E-state index contributed by atoms with van der Waals surface area (Å²) in [7, 11) is 0. The van der Waals surface area contributed by atoms with Crippen molar-refractivity contribution in [1.82, 2.24) is 4.90 Å². The highest BCUT2D eigenvalue weighted by Gasteiger charge is 2.32. The van der Waals surface area contributed by atoms with Crippen molar-refractivity contribution in [3.05, 3.63) is 0 Å². The molecule has 0 aromatic rings. The van der Waals surface area contributed by atoms with Crippen LogP contribution < -0.4 is 5.73 Å². The molecule has 2 N–H and O–H groups in total. The molecule has 2 rings (SSSR count). The molecule has 0 radical (unpaired) electrons. The molecule has 2 heterocycles. The van der Waals surface area contributed by atoms with Crippen LogP contribution >= 0.6 is 12.4 Å². The summed E-state index contributed by atoms with van der Waals surface area (Å²) in [6, 6.07) is 1.12. The van der Waals surface area contributed by atoms with Crippen molar-refractivity contribution < 1.29 is 4.74 Å². The molecule has 0 bridgehead atoms. The number of hydrogen-bond acceptors (Lipinski definition) is 3. The van der Waals surface area contributed by atoms with E-state index in [0.717, 1.165) is 6.54 Å². The number of nitrogens with zero attached hydrogens (tertiary/aromatic N) is 1. The Morgan fingerprint density at radius 1 is 1.20 bits per heavy atom. The maximum Gasteiger partial charge on any atom is 0.0565 e. The number of ether oxygens (including phenoxy) is 1. The second-order valence-electron chi connectivity index (χ2n) is 4.93. The standard InChI is InChI=1S/C11H22N2O.ClH/c1-8-5-11(6-9(2)14-8)13-4-3-10(12)7-13;/h8-11H,3-7,12H2,1-2H3;1H/t8?,9?,10-,11?;/m0./s1. The van der Waals surface area contributed by atoms with Crippen molar-refractivity contribution in [3.8, 4) is 0 Å². The third-order valence-corrected chi connectivity index (χ3v) is 3.45. The highest BCUT2D eigenvalue weighted by Crippen LogP contribution is 2.25. The van der Waals surface area contributed by atoms with Gasteiger partial charge in [0.2, 0.25) is 0 Å². The molecule has 15 heavy (non-hydrogen) atoms. The molecule has 0 saturated carbocycles. The van der Waals surface area contributed by atoms with Gasteiger partial charge in [-0.2, -0.15) is 0 Å². The maximum absolute atomic E-state index is 5.93. The van der Waals surface area contributed by atoms with Crippen molar-refractivity contribution in [2.45, 2.75) is 57.4 Å². The minimum absolute atomic E-state index is 0. The first-order valence-electron chi connectivity index (χ1n) is 5.80. The summed E-state index contributed by atoms with van der Waals surface area (Å²) in [5.41, 5.74) is 5.93. The molecule has 2 aliphatic heterocycles. The van der Waals surface area contributed by atoms with Crippen LogP contribution in [0.3, 0.4) is 0 Å². The van der Waals surface area contributed by atoms with Crippen molar-refractivity contribution in [1.29, 1.82) is 0 Å². The fourth-order valence-electron chi connectivity index (χ4n) is 2.82. The van der Waals surface area contributed by atoms with Crippen LogP contribution in [0.5, 0.6) is 0 Å². The Bertz CT molecular complexity index is 193. The monoisotopic (exact) mass is 234 g/mol. The van der Waals surface area contributed by atoms with Crippen LogP contribution in [0.4, 0.5) is 0 Å². The lowest BCUT2D eigenvalue weighted by atomic mass is 9.99. The Morgan fingerprint density at radius 3 is 2.27 bits per heavy atom. The minimum atomic E-state index is 0. The predicted molar refractivity (Wildman–Crippen MR) is 64.4 cm³/mol. The van der Waals surface area contributed by atoms with Gasteiger partial charge in [-0.3, -0.25) is 4.90 Å². The zero-order valence-corrected chi connectivity index (χ0v) is 10.5. The molecule has 0 spiro atoms. The molecule has 2 fully saturated rings. The zero-order chi connectivity index (χ0) is 10.1. The molecule has 3 nitrogen and oxygen atoms in total. The SMILES string of the molecule is CC1CC(N2CC[C@H](N)C2)CC(C)O1.Cl. The van der Waals surface area contributed by atoms with Gasteiger partial charge in [-0.1, -0.05) is 0 Å². The summed E-state index contributed by atoms with van der Waals surface area (Å²) in [5, 5.41) is 0. The van der Waals surface area contributed by atoms with E-state index >= 15 is 0 Å². The lowest BCUT2D eigenvalue weighted by Gasteiger charge is -2.37. The molecule has 90 valence electrons. The van der Waals surface area contributed by atoms with Crippen LogP contribution in [-0.4, -0.2) is 42.3 Å². The number of rotatable bonds is 1. The van der Waals surface area contributed by atoms with Gasteiger partial charge in [-0.25, -0.2) is 0 Å². The molecule has 0 aromatic carbocycles. The first-order chi connectivity index (χ1) is 6.65. The Morgan fingerprint density at radius 2 is 1.80 bits per heavy atom. The Hall–Kier alpha value is 0.170. The summed E-state index contributed by atoms with van der Waals surface area (Å²) in [6.45, 7) is 6.63. The van der Waals surface area contributed by atoms with Gasteiger partial charge in [0.1, 0.15) is 0 Å². The van der Waals surface area contributed by atoms with Crippen LogP contribution in [0.25, 0.3) is 0 Å². The lowest BCUT2D eigenvalue weighted by molar-refractivity contribution is -0.0618. The molecule has 0 aliphatic carbocycles. The summed E-state index contributed by atoms with van der Waals surface area (Å²) in [6.07, 6.45) is 4.36. The van der Waals surface area contributed by atoms with Crippen LogP contribution in [0.15, 0.2) is 0 Å². The summed E-state index contributed by atoms with van der Waals surface area (Å²) >= 11 is 0. The van der Waals surface area contributed by atoms with Crippen LogP contribution in [-0.2, 0) is 4.74 Å². The smallest absolute Gasteiger partial charge is 0.0565 e. The van der Waals surface area contributed by atoms with E-state index in [-0.39, 0.29) is 12.4 Å². The molecule has 2 aliphatic rings. The first-order valence-corrected chi connectivity index (χ1v) is 5.80. The average Bonchev–Trinajstić information content (AvgIpc) is 2.50. The van der Waals surface area contributed by atoms with Gasteiger partial charge in [-0.05, 0) is 33.1 Å². The van der Waals surface area contributed by atoms with E-state index < -0.39 is 0 Å². The average molecular weight is 235 g/mol. The van der Waals surface area contributed by atoms with Gasteiger partial charge in [0.25, 0.3) is 0 Å². The summed E-state index contributed by atoms with van der Waals surface area (Å²) in [5.74, 6) is 0. The number of likely N-dealkylation sites (tertiary alicyclic amines) is 1. The molecule has 0 amide bonds. The normalized spacial score (nSPS) is 42.6. The highest BCUT2D eigenvalue weighted by atomic mass is 35.5. The third-order valence-electron chi connectivity index (χ3n) is 3.45. The molecular weight excluding hydrogens is 212 g/mol. The second kappa shape index (κ2) is 5.48. The van der Waals surface area contributed by atoms with Gasteiger partial charge >= 0.3 is 0 Å². The molecular formula is C11H23ClN2O. The van der Waals surface area contributed by atoms with Crippen LogP contribution in [0, 0.1) is 0 Å². The van der Waals surface area contributed by atoms with Gasteiger partial charge in [-0.15, -0.1) is 12.4 Å². The van der Waals surface area contributed by atoms with E-state index in [9.17, 15) is 0 Å². The number of halogens is 1. The molecule has 3 atom stereocenters. The van der Waals surface area contributed by atoms with E-state index in [1.54, 1.807) is 0 Å². The van der Waals surface area contributed by atoms with Crippen molar-refractivity contribution in [3.63, 3.8) is 0 Å². The van der Waals surface area contributed by atoms with E-state index in [1.807, 2.05) is 0 Å². The zero-order valence-electron chi connectivity index (χ0n) is 9.69. The Kier molecular flexibility index (Phi) is 4.84. The van der Waals surface area contributed by atoms with E-state index in [2.05, 4.69) is 18.7 Å². The van der Waals surface area contributed by atoms with Crippen molar-refractivity contribution in [2.24, 2.45) is 5.73 Å². The number of nitrogens with two attached hydrogens (primary N) is 1. The Balaban J connectivity index is 0.00000112. The number of hydrogen-bond donors (Lipinski definition) is 1. The predicted octanol–water partition coefficient (Wildman–Crippen LogP) is 1.40. The maximum atomic E-state index is 5.93. The largest absolute Gasteiger partial charge is 0.375 e. The fourth-order valence-corrected chi connectivity index (χ4v) is 2.82. The fraction of sp³-hybridized carbons (Fsp3) is 1.00. The van der Waals surface area contributed by atoms with Gasteiger partial charge in [0.05, 0.1) is 12.2 Å². The van der Waals surface area contributed by atoms with Gasteiger partial charge in [0, 0.05) is 25.2 Å². The summed E-state index contributed by atoms with van der Waals surface area (Å²) in [4.78, 5) is 2.56. The van der Waals surface area contributed by atoms with E-state index in [1.165, 1.54) is 25.8 Å². The molecule has 0 aromatic heterocycles. The highest BCUT2D eigenvalue weighted by molar-refractivity contribution is 5.85. The Labute approximate surface area is 98.7 Å². The summed E-state index contributed by atoms with van der Waals surface area (Å²) < 4.78 is 5.74. The van der Waals surface area contributed by atoms with E-state index in [0.29, 0.717) is 24.3 Å². The van der Waals surface area contributed by atoms with Crippen LogP contribution in [0.1, 0.15) is 33.1 Å². The van der Waals surface area contributed by atoms with Gasteiger partial charge < -0.3 is 10.5 Å². The van der Waals surface area contributed by atoms with Crippen LogP contribution in [0.2, 0.25) is 0 Å².